The first kappa shape index (κ1) is 14.9. The predicted molar refractivity (Wildman–Crippen MR) is 66.3 cm³/mol. The number of rotatable bonds is 9. The zero-order valence-electron chi connectivity index (χ0n) is 11.0. The van der Waals surface area contributed by atoms with Crippen molar-refractivity contribution in [3.63, 3.8) is 0 Å². The smallest absolute Gasteiger partial charge is 0.0474 e. The molecule has 0 saturated heterocycles. The Hall–Kier alpha value is -0.120. The molecule has 3 nitrogen and oxygen atoms in total. The molecule has 0 aliphatic heterocycles. The molecule has 0 rings (SSSR count). The summed E-state index contributed by atoms with van der Waals surface area (Å²) < 4.78 is 5.06. The Balaban J connectivity index is 3.86. The van der Waals surface area contributed by atoms with Crippen LogP contribution in [0.3, 0.4) is 0 Å². The molecule has 0 heterocycles. The lowest BCUT2D eigenvalue weighted by Crippen LogP contribution is -2.47. The van der Waals surface area contributed by atoms with E-state index in [4.69, 9.17) is 4.74 Å². The fourth-order valence-corrected chi connectivity index (χ4v) is 1.89. The van der Waals surface area contributed by atoms with Crippen molar-refractivity contribution in [3.8, 4) is 0 Å². The summed E-state index contributed by atoms with van der Waals surface area (Å²) >= 11 is 0. The quantitative estimate of drug-likeness (QED) is 0.594. The fraction of sp³-hybridized carbons (Fsp3) is 1.00. The zero-order valence-corrected chi connectivity index (χ0v) is 11.0. The summed E-state index contributed by atoms with van der Waals surface area (Å²) in [5, 5.41) is 3.53. The molecule has 0 aliphatic rings. The Morgan fingerprint density at radius 1 is 1.33 bits per heavy atom. The molecule has 0 saturated carbocycles. The second-order valence-electron chi connectivity index (χ2n) is 4.14. The maximum absolute atomic E-state index is 5.06. The number of nitrogens with zero attached hydrogens (tertiary/aromatic N) is 1. The average molecular weight is 216 g/mol. The van der Waals surface area contributed by atoms with Crippen LogP contribution >= 0.6 is 0 Å². The minimum Gasteiger partial charge on any atom is -0.385 e. The maximum atomic E-state index is 5.06. The third-order valence-corrected chi connectivity index (χ3v) is 3.04. The second-order valence-corrected chi connectivity index (χ2v) is 4.14. The molecule has 15 heavy (non-hydrogen) atoms. The molecule has 3 heteroatoms. The van der Waals surface area contributed by atoms with E-state index >= 15 is 0 Å². The summed E-state index contributed by atoms with van der Waals surface area (Å²) in [4.78, 5) is 2.41. The highest BCUT2D eigenvalue weighted by Gasteiger charge is 2.17. The molecule has 2 unspecified atom stereocenters. The molecule has 0 aromatic rings. The van der Waals surface area contributed by atoms with Gasteiger partial charge >= 0.3 is 0 Å². The van der Waals surface area contributed by atoms with Crippen molar-refractivity contribution < 1.29 is 4.74 Å². The normalized spacial score (nSPS) is 15.6. The molecule has 0 aromatic carbocycles. The molecule has 0 amide bonds. The molecule has 92 valence electrons. The van der Waals surface area contributed by atoms with E-state index in [-0.39, 0.29) is 0 Å². The lowest BCUT2D eigenvalue weighted by molar-refractivity contribution is 0.155. The van der Waals surface area contributed by atoms with E-state index in [9.17, 15) is 0 Å². The highest BCUT2D eigenvalue weighted by molar-refractivity contribution is 4.78. The maximum Gasteiger partial charge on any atom is 0.0474 e. The van der Waals surface area contributed by atoms with Crippen LogP contribution in [-0.2, 0) is 4.74 Å². The molecule has 1 N–H and O–H groups in total. The highest BCUT2D eigenvalue weighted by atomic mass is 16.5. The number of likely N-dealkylation sites (N-methyl/N-ethyl adjacent to an activating group) is 2. The summed E-state index contributed by atoms with van der Waals surface area (Å²) in [6.07, 6.45) is 2.30. The molecule has 2 atom stereocenters. The van der Waals surface area contributed by atoms with Gasteiger partial charge in [-0.05, 0) is 33.4 Å². The molecule has 0 spiro atoms. The van der Waals surface area contributed by atoms with E-state index in [2.05, 4.69) is 38.0 Å². The molecule has 0 aliphatic carbocycles. The fourth-order valence-electron chi connectivity index (χ4n) is 1.89. The Kier molecular flexibility index (Phi) is 9.06. The predicted octanol–water partition coefficient (Wildman–Crippen LogP) is 1.73. The van der Waals surface area contributed by atoms with Gasteiger partial charge in [-0.15, -0.1) is 0 Å². The lowest BCUT2D eigenvalue weighted by Gasteiger charge is -2.32. The lowest BCUT2D eigenvalue weighted by atomic mass is 10.1. The van der Waals surface area contributed by atoms with Gasteiger partial charge in [-0.2, -0.15) is 0 Å². The van der Waals surface area contributed by atoms with Crippen LogP contribution in [0.15, 0.2) is 0 Å². The van der Waals surface area contributed by atoms with Crippen LogP contribution in [0, 0.1) is 0 Å². The van der Waals surface area contributed by atoms with E-state index in [1.165, 1.54) is 6.42 Å². The van der Waals surface area contributed by atoms with Gasteiger partial charge in [0.05, 0.1) is 0 Å². The standard InChI is InChI=1S/C12H28N2O/c1-6-12(13-7-2)11(3)14(4)9-8-10-15-5/h11-13H,6-10H2,1-5H3. The van der Waals surface area contributed by atoms with Crippen LogP contribution in [0.5, 0.6) is 0 Å². The van der Waals surface area contributed by atoms with Gasteiger partial charge in [-0.1, -0.05) is 13.8 Å². The third-order valence-electron chi connectivity index (χ3n) is 3.04. The molecule has 0 radical (unpaired) electrons. The van der Waals surface area contributed by atoms with E-state index in [0.29, 0.717) is 12.1 Å². The van der Waals surface area contributed by atoms with Gasteiger partial charge in [-0.25, -0.2) is 0 Å². The molecule has 0 aromatic heterocycles. The molecular weight excluding hydrogens is 188 g/mol. The van der Waals surface area contributed by atoms with Crippen LogP contribution in [0.1, 0.15) is 33.6 Å². The largest absolute Gasteiger partial charge is 0.385 e. The number of methoxy groups -OCH3 is 1. The van der Waals surface area contributed by atoms with Crippen LogP contribution in [0.25, 0.3) is 0 Å². The molecular formula is C12H28N2O. The summed E-state index contributed by atoms with van der Waals surface area (Å²) in [5.74, 6) is 0. The van der Waals surface area contributed by atoms with Crippen LogP contribution < -0.4 is 5.32 Å². The number of nitrogens with one attached hydrogen (secondary N) is 1. The molecule has 0 fully saturated rings. The second kappa shape index (κ2) is 9.13. The van der Waals surface area contributed by atoms with Gasteiger partial charge in [0.25, 0.3) is 0 Å². The Morgan fingerprint density at radius 2 is 2.00 bits per heavy atom. The van der Waals surface area contributed by atoms with Crippen LogP contribution in [0.2, 0.25) is 0 Å². The first-order chi connectivity index (χ1) is 7.17. The van der Waals surface area contributed by atoms with Crippen molar-refractivity contribution in [2.45, 2.75) is 45.7 Å². The van der Waals surface area contributed by atoms with Gasteiger partial charge in [0, 0.05) is 32.3 Å². The first-order valence-electron chi connectivity index (χ1n) is 6.09. The molecule has 0 bridgehead atoms. The van der Waals surface area contributed by atoms with Gasteiger partial charge < -0.3 is 15.0 Å². The number of ether oxygens (including phenoxy) is 1. The Labute approximate surface area is 95.2 Å². The Morgan fingerprint density at radius 3 is 2.47 bits per heavy atom. The summed E-state index contributed by atoms with van der Waals surface area (Å²) in [6.45, 7) is 9.72. The topological polar surface area (TPSA) is 24.5 Å². The monoisotopic (exact) mass is 216 g/mol. The number of hydrogen-bond acceptors (Lipinski definition) is 3. The van der Waals surface area contributed by atoms with Crippen LogP contribution in [-0.4, -0.2) is 50.8 Å². The Bertz CT molecular complexity index is 142. The first-order valence-corrected chi connectivity index (χ1v) is 6.09. The van der Waals surface area contributed by atoms with Gasteiger partial charge in [-0.3, -0.25) is 0 Å². The van der Waals surface area contributed by atoms with Crippen molar-refractivity contribution in [3.05, 3.63) is 0 Å². The number of hydrogen-bond donors (Lipinski definition) is 1. The van der Waals surface area contributed by atoms with Gasteiger partial charge in [0.15, 0.2) is 0 Å². The van der Waals surface area contributed by atoms with Crippen LogP contribution in [0.4, 0.5) is 0 Å². The summed E-state index contributed by atoms with van der Waals surface area (Å²) in [6, 6.07) is 1.19. The zero-order chi connectivity index (χ0) is 11.7. The van der Waals surface area contributed by atoms with E-state index < -0.39 is 0 Å². The summed E-state index contributed by atoms with van der Waals surface area (Å²) in [7, 11) is 3.96. The van der Waals surface area contributed by atoms with Crippen molar-refractivity contribution in [1.29, 1.82) is 0 Å². The van der Waals surface area contributed by atoms with E-state index in [0.717, 1.165) is 26.1 Å². The van der Waals surface area contributed by atoms with E-state index in [1.807, 2.05) is 0 Å². The minimum atomic E-state index is 0.590. The average Bonchev–Trinajstić information content (AvgIpc) is 2.25. The van der Waals surface area contributed by atoms with Gasteiger partial charge in [0.2, 0.25) is 0 Å². The van der Waals surface area contributed by atoms with Crippen molar-refractivity contribution >= 4 is 0 Å². The van der Waals surface area contributed by atoms with Crippen molar-refractivity contribution in [2.75, 3.05) is 33.9 Å². The van der Waals surface area contributed by atoms with E-state index in [1.54, 1.807) is 7.11 Å². The van der Waals surface area contributed by atoms with Gasteiger partial charge in [0.1, 0.15) is 0 Å². The summed E-state index contributed by atoms with van der Waals surface area (Å²) in [5.41, 5.74) is 0. The third kappa shape index (κ3) is 6.13. The minimum absolute atomic E-state index is 0.590. The van der Waals surface area contributed by atoms with Crippen molar-refractivity contribution in [1.82, 2.24) is 10.2 Å². The highest BCUT2D eigenvalue weighted by Crippen LogP contribution is 2.06. The van der Waals surface area contributed by atoms with Crippen molar-refractivity contribution in [2.24, 2.45) is 0 Å². The SMILES string of the molecule is CCNC(CC)C(C)N(C)CCCOC.